The molecule has 1 aliphatic carbocycles. The SMILES string of the molecule is O=C(O)CNC(=O)c1c(O)c(C(=O)NC2CCCCC2)cn(Cc2ccc(C(F)(F)F)cc2F)c1=O. The Balaban J connectivity index is 2.03. The van der Waals surface area contributed by atoms with E-state index >= 15 is 0 Å². The number of benzene rings is 1. The number of carboxylic acid groups (broad SMARTS) is 1. The Morgan fingerprint density at radius 1 is 1.08 bits per heavy atom. The van der Waals surface area contributed by atoms with Crippen molar-refractivity contribution in [3.05, 3.63) is 62.8 Å². The Hall–Kier alpha value is -3.90. The Kier molecular flexibility index (Phi) is 8.00. The second-order valence-corrected chi connectivity index (χ2v) is 8.39. The topological polar surface area (TPSA) is 138 Å². The Labute approximate surface area is 201 Å². The maximum Gasteiger partial charge on any atom is 0.416 e. The van der Waals surface area contributed by atoms with E-state index in [1.165, 1.54) is 0 Å². The van der Waals surface area contributed by atoms with Crippen LogP contribution in [0.3, 0.4) is 0 Å². The third kappa shape index (κ3) is 6.20. The molecule has 0 saturated heterocycles. The molecular formula is C23H23F4N3O6. The number of carboxylic acids is 1. The molecule has 13 heteroatoms. The molecule has 1 aliphatic rings. The molecule has 1 fully saturated rings. The highest BCUT2D eigenvalue weighted by molar-refractivity contribution is 6.04. The van der Waals surface area contributed by atoms with Gasteiger partial charge in [0.25, 0.3) is 17.4 Å². The van der Waals surface area contributed by atoms with Crippen molar-refractivity contribution in [3.8, 4) is 5.75 Å². The summed E-state index contributed by atoms with van der Waals surface area (Å²) in [7, 11) is 0. The summed E-state index contributed by atoms with van der Waals surface area (Å²) in [6.45, 7) is -1.57. The van der Waals surface area contributed by atoms with Gasteiger partial charge in [-0.15, -0.1) is 0 Å². The zero-order chi connectivity index (χ0) is 26.6. The van der Waals surface area contributed by atoms with Crippen molar-refractivity contribution < 1.29 is 42.2 Å². The largest absolute Gasteiger partial charge is 0.506 e. The second-order valence-electron chi connectivity index (χ2n) is 8.39. The normalized spacial score (nSPS) is 14.3. The van der Waals surface area contributed by atoms with E-state index in [-0.39, 0.29) is 17.7 Å². The number of carbonyl (C=O) groups is 3. The van der Waals surface area contributed by atoms with Crippen LogP contribution in [-0.4, -0.2) is 45.2 Å². The van der Waals surface area contributed by atoms with E-state index in [9.17, 15) is 41.8 Å². The molecule has 1 aromatic heterocycles. The van der Waals surface area contributed by atoms with Crippen molar-refractivity contribution in [3.63, 3.8) is 0 Å². The summed E-state index contributed by atoms with van der Waals surface area (Å²) in [6, 6.07) is 1.45. The minimum absolute atomic E-state index is 0.220. The molecule has 0 unspecified atom stereocenters. The van der Waals surface area contributed by atoms with Gasteiger partial charge >= 0.3 is 12.1 Å². The molecule has 0 aliphatic heterocycles. The summed E-state index contributed by atoms with van der Waals surface area (Å²) in [6.07, 6.45) is 0.160. The van der Waals surface area contributed by atoms with Crippen molar-refractivity contribution in [2.45, 2.75) is 50.9 Å². The van der Waals surface area contributed by atoms with Crippen LogP contribution in [-0.2, 0) is 17.5 Å². The zero-order valence-electron chi connectivity index (χ0n) is 18.8. The lowest BCUT2D eigenvalue weighted by molar-refractivity contribution is -0.138. The minimum atomic E-state index is -4.80. The lowest BCUT2D eigenvalue weighted by Gasteiger charge is -2.23. The first-order valence-corrected chi connectivity index (χ1v) is 11.0. The number of hydrogen-bond donors (Lipinski definition) is 4. The van der Waals surface area contributed by atoms with Gasteiger partial charge in [-0.1, -0.05) is 25.3 Å². The molecule has 4 N–H and O–H groups in total. The average molecular weight is 513 g/mol. The highest BCUT2D eigenvalue weighted by atomic mass is 19.4. The maximum atomic E-state index is 14.4. The summed E-state index contributed by atoms with van der Waals surface area (Å²) >= 11 is 0. The van der Waals surface area contributed by atoms with Gasteiger partial charge < -0.3 is 25.4 Å². The van der Waals surface area contributed by atoms with Crippen LogP contribution in [0.15, 0.2) is 29.2 Å². The lowest BCUT2D eigenvalue weighted by Crippen LogP contribution is -2.39. The molecule has 194 valence electrons. The highest BCUT2D eigenvalue weighted by Gasteiger charge is 2.31. The van der Waals surface area contributed by atoms with Gasteiger partial charge in [-0.2, -0.15) is 13.2 Å². The summed E-state index contributed by atoms with van der Waals surface area (Å²) in [5, 5.41) is 24.0. The van der Waals surface area contributed by atoms with E-state index in [2.05, 4.69) is 5.32 Å². The number of amides is 2. The third-order valence-corrected chi connectivity index (χ3v) is 5.78. The fraction of sp³-hybridized carbons (Fsp3) is 0.391. The number of aromatic nitrogens is 1. The van der Waals surface area contributed by atoms with Crippen molar-refractivity contribution in [2.75, 3.05) is 6.54 Å². The predicted molar refractivity (Wildman–Crippen MR) is 117 cm³/mol. The second kappa shape index (κ2) is 10.8. The predicted octanol–water partition coefficient (Wildman–Crippen LogP) is 2.64. The van der Waals surface area contributed by atoms with E-state index in [0.717, 1.165) is 31.5 Å². The molecule has 36 heavy (non-hydrogen) atoms. The van der Waals surface area contributed by atoms with Crippen molar-refractivity contribution in [1.29, 1.82) is 0 Å². The van der Waals surface area contributed by atoms with Gasteiger partial charge in [-0.25, -0.2) is 4.39 Å². The molecule has 0 radical (unpaired) electrons. The van der Waals surface area contributed by atoms with Gasteiger partial charge in [0, 0.05) is 17.8 Å². The average Bonchev–Trinajstić information content (AvgIpc) is 2.80. The smallest absolute Gasteiger partial charge is 0.416 e. The molecule has 0 atom stereocenters. The summed E-state index contributed by atoms with van der Waals surface area (Å²) in [5.74, 6) is -5.85. The van der Waals surface area contributed by atoms with Crippen LogP contribution < -0.4 is 16.2 Å². The molecule has 3 rings (SSSR count). The molecule has 0 spiro atoms. The first-order valence-electron chi connectivity index (χ1n) is 11.0. The third-order valence-electron chi connectivity index (χ3n) is 5.78. The fourth-order valence-electron chi connectivity index (χ4n) is 3.93. The number of nitrogens with zero attached hydrogens (tertiary/aromatic N) is 1. The first-order chi connectivity index (χ1) is 16.9. The van der Waals surface area contributed by atoms with Crippen LogP contribution in [0.25, 0.3) is 0 Å². The Morgan fingerprint density at radius 3 is 2.33 bits per heavy atom. The van der Waals surface area contributed by atoms with E-state index in [1.54, 1.807) is 0 Å². The van der Waals surface area contributed by atoms with Gasteiger partial charge in [0.05, 0.1) is 17.7 Å². The quantitative estimate of drug-likeness (QED) is 0.420. The van der Waals surface area contributed by atoms with Crippen LogP contribution >= 0.6 is 0 Å². The molecule has 2 amide bonds. The molecule has 9 nitrogen and oxygen atoms in total. The Bertz CT molecular complexity index is 1240. The van der Waals surface area contributed by atoms with Crippen LogP contribution in [0, 0.1) is 5.82 Å². The molecule has 1 aromatic carbocycles. The monoisotopic (exact) mass is 513 g/mol. The van der Waals surface area contributed by atoms with Crippen LogP contribution in [0.4, 0.5) is 17.6 Å². The highest BCUT2D eigenvalue weighted by Crippen LogP contribution is 2.30. The van der Waals surface area contributed by atoms with Gasteiger partial charge in [-0.3, -0.25) is 19.2 Å². The van der Waals surface area contributed by atoms with Crippen molar-refractivity contribution in [1.82, 2.24) is 15.2 Å². The summed E-state index contributed by atoms with van der Waals surface area (Å²) in [5.41, 5.74) is -4.27. The van der Waals surface area contributed by atoms with Gasteiger partial charge in [0.1, 0.15) is 23.7 Å². The molecule has 1 saturated carbocycles. The van der Waals surface area contributed by atoms with Crippen LogP contribution in [0.5, 0.6) is 5.75 Å². The number of pyridine rings is 1. The standard InChI is InChI=1S/C23H23F4N3O6/c24-16-8-13(23(25,26)27)7-6-12(16)10-30-11-15(20(34)29-14-4-2-1-3-5-14)19(33)18(22(30)36)21(35)28-9-17(31)32/h6-8,11,14,33H,1-5,9-10H2,(H,28,35)(H,29,34)(H,31,32). The lowest BCUT2D eigenvalue weighted by atomic mass is 9.95. The molecule has 1 heterocycles. The summed E-state index contributed by atoms with van der Waals surface area (Å²) in [4.78, 5) is 49.1. The maximum absolute atomic E-state index is 14.4. The van der Waals surface area contributed by atoms with E-state index in [1.807, 2.05) is 5.32 Å². The molecular weight excluding hydrogens is 490 g/mol. The number of aromatic hydroxyl groups is 1. The van der Waals surface area contributed by atoms with Crippen molar-refractivity contribution in [2.24, 2.45) is 0 Å². The Morgan fingerprint density at radius 2 is 1.75 bits per heavy atom. The number of rotatable bonds is 7. The number of alkyl halides is 3. The minimum Gasteiger partial charge on any atom is -0.506 e. The van der Waals surface area contributed by atoms with Crippen molar-refractivity contribution >= 4 is 17.8 Å². The van der Waals surface area contributed by atoms with Crippen LogP contribution in [0.2, 0.25) is 0 Å². The van der Waals surface area contributed by atoms with Gasteiger partial charge in [0.15, 0.2) is 0 Å². The number of aliphatic carboxylic acids is 1. The zero-order valence-corrected chi connectivity index (χ0v) is 18.8. The van der Waals surface area contributed by atoms with E-state index in [0.29, 0.717) is 23.5 Å². The van der Waals surface area contributed by atoms with E-state index < -0.39 is 70.9 Å². The van der Waals surface area contributed by atoms with Gasteiger partial charge in [0.2, 0.25) is 0 Å². The number of halogens is 4. The van der Waals surface area contributed by atoms with Gasteiger partial charge in [-0.05, 0) is 25.0 Å². The molecule has 0 bridgehead atoms. The van der Waals surface area contributed by atoms with E-state index in [4.69, 9.17) is 5.11 Å². The number of carbonyl (C=O) groups excluding carboxylic acids is 2. The fourth-order valence-corrected chi connectivity index (χ4v) is 3.93. The number of nitrogens with one attached hydrogen (secondary N) is 2. The summed E-state index contributed by atoms with van der Waals surface area (Å²) < 4.78 is 53.7. The number of hydrogen-bond acceptors (Lipinski definition) is 5. The molecule has 2 aromatic rings. The van der Waals surface area contributed by atoms with Crippen LogP contribution in [0.1, 0.15) is 63.9 Å². The first kappa shape index (κ1) is 26.7.